The topological polar surface area (TPSA) is 542 Å². The van der Waals surface area contributed by atoms with Crippen molar-refractivity contribution in [3.05, 3.63) is 41.5 Å². The van der Waals surface area contributed by atoms with Gasteiger partial charge < -0.3 is 111 Å². The van der Waals surface area contributed by atoms with E-state index >= 15 is 0 Å². The Morgan fingerprint density at radius 2 is 1.05 bits per heavy atom. The Morgan fingerprint density at radius 3 is 1.56 bits per heavy atom. The van der Waals surface area contributed by atoms with Crippen LogP contribution in [-0.4, -0.2) is 223 Å². The number of carbonyl (C=O) groups excluding carboxylic acids is 2. The number of esters is 1. The average molecular weight is 1260 g/mol. The van der Waals surface area contributed by atoms with E-state index in [4.69, 9.17) is 61.6 Å². The molecule has 440 valence electrons. The molecule has 5 rings (SSSR count). The van der Waals surface area contributed by atoms with Gasteiger partial charge in [-0.1, -0.05) is 6.07 Å². The fraction of sp³-hybridized carbons (Fsp3) is 0.525. The number of hydrogen-bond acceptors (Lipinski definition) is 31. The van der Waals surface area contributed by atoms with Crippen molar-refractivity contribution in [2.24, 2.45) is 0 Å². The molecular formula is C40H43Na3O36S3. The molecule has 42 heteroatoms. The average Bonchev–Trinajstić information content (AvgIpc) is 3.29. The Morgan fingerprint density at radius 1 is 0.585 bits per heavy atom. The molecule has 0 radical (unpaired) electrons. The number of carboxylic acid groups (broad SMARTS) is 5. The van der Waals surface area contributed by atoms with Crippen molar-refractivity contribution < 1.29 is 258 Å². The van der Waals surface area contributed by atoms with Gasteiger partial charge in [0.05, 0.1) is 60.3 Å². The van der Waals surface area contributed by atoms with Crippen molar-refractivity contribution in [2.75, 3.05) is 43.7 Å². The number of hydrogen-bond donors (Lipinski definition) is 6. The minimum absolute atomic E-state index is 0. The summed E-state index contributed by atoms with van der Waals surface area (Å²) >= 11 is 0. The molecule has 2 fully saturated rings. The molecule has 2 aromatic carbocycles. The minimum Gasteiger partial charge on any atom is -0.748 e. The van der Waals surface area contributed by atoms with Crippen LogP contribution in [0.25, 0.3) is 0 Å². The van der Waals surface area contributed by atoms with Gasteiger partial charge in [-0.2, -0.15) is 0 Å². The predicted octanol–water partition coefficient (Wildman–Crippen LogP) is -9.39. The molecule has 2 saturated heterocycles. The molecule has 12 atom stereocenters. The van der Waals surface area contributed by atoms with Crippen molar-refractivity contribution >= 4 is 72.9 Å². The van der Waals surface area contributed by atoms with Crippen LogP contribution >= 0.6 is 0 Å². The van der Waals surface area contributed by atoms with E-state index in [1.54, 1.807) is 0 Å². The first-order valence-electron chi connectivity index (χ1n) is 21.8. The quantitative estimate of drug-likeness (QED) is 0.0246. The van der Waals surface area contributed by atoms with E-state index in [9.17, 15) is 103 Å². The summed E-state index contributed by atoms with van der Waals surface area (Å²) in [5.41, 5.74) is -1.13. The van der Waals surface area contributed by atoms with E-state index in [-0.39, 0.29) is 94.2 Å². The number of phenols is 1. The second kappa shape index (κ2) is 31.6. The van der Waals surface area contributed by atoms with Gasteiger partial charge in [0.2, 0.25) is 5.78 Å². The van der Waals surface area contributed by atoms with Crippen molar-refractivity contribution in [3.8, 4) is 28.7 Å². The van der Waals surface area contributed by atoms with Crippen LogP contribution in [0, 0.1) is 0 Å². The van der Waals surface area contributed by atoms with Crippen molar-refractivity contribution in [3.63, 3.8) is 0 Å². The first-order chi connectivity index (χ1) is 36.7. The van der Waals surface area contributed by atoms with Crippen LogP contribution in [0.3, 0.4) is 0 Å². The largest absolute Gasteiger partial charge is 1.00 e. The monoisotopic (exact) mass is 1260 g/mol. The molecule has 6 unspecified atom stereocenters. The predicted molar refractivity (Wildman–Crippen MR) is 236 cm³/mol. The smallest absolute Gasteiger partial charge is 0.748 e. The fourth-order valence-electron chi connectivity index (χ4n) is 7.72. The Labute approximate surface area is 527 Å². The van der Waals surface area contributed by atoms with E-state index in [0.29, 0.717) is 0 Å². The molecular weight excluding hydrogens is 1220 g/mol. The number of aromatic hydroxyl groups is 1. The number of benzene rings is 2. The summed E-state index contributed by atoms with van der Waals surface area (Å²) in [4.78, 5) is 87.2. The number of Topliss-reactive ketones (excluding diaryl/α,β-unsaturated/α-hetero) is 1. The first-order valence-corrected chi connectivity index (χ1v) is 26.6. The standard InChI is InChI=1S/C40H46O36S3.3Na/c1-15-26(72-36(44)45)30(74-38(48)49)32(76-40(52)53)34(67-15)66-14-23-28(73-37(46)47)31(75-39(50)51)33(68-16(2)41)35(70-23)71-29-25(43)24-19(42)12-18(63-5-8-77(54,55)56)13-22(24)69-27(29)17-3-4-20(64-6-9-78(57,58)59)21(11-17)65-7-10-79(60,61)62;;;/h3-4,11-13,15,23,26-35,42H,5-10,14H2,1-2H3,(H,44,45)(H,46,47)(H,48,49)(H,50,51)(H,52,53)(H,54,55,56)(H,57,58,59)(H,60,61,62);;;/q;3*+1/p-3/t15?,23-,26?,27?,28?,29?,30-,31+,32-,33?,34+,35+;;;/m1.../s1. The zero-order valence-corrected chi connectivity index (χ0v) is 51.4. The van der Waals surface area contributed by atoms with E-state index < -0.39 is 225 Å². The van der Waals surface area contributed by atoms with E-state index in [2.05, 4.69) is 4.74 Å². The maximum Gasteiger partial charge on any atom is 1.00 e. The molecule has 0 saturated carbocycles. The molecule has 0 amide bonds. The number of carbonyl (C=O) groups is 7. The zero-order valence-electron chi connectivity index (χ0n) is 42.9. The van der Waals surface area contributed by atoms with Gasteiger partial charge in [0.25, 0.3) is 0 Å². The summed E-state index contributed by atoms with van der Waals surface area (Å²) in [6.07, 6.45) is -37.5. The van der Waals surface area contributed by atoms with Crippen LogP contribution in [0.1, 0.15) is 35.9 Å². The number of phenolic OH excluding ortho intramolecular Hbond substituents is 1. The number of ether oxygens (including phenoxy) is 14. The second-order valence-corrected chi connectivity index (χ2v) is 20.8. The van der Waals surface area contributed by atoms with Gasteiger partial charge in [-0.15, -0.1) is 0 Å². The normalized spacial score (nSPS) is 25.0. The SMILES string of the molecule is CC(=O)OC1[C@H](OC2C(=O)c3c(O)cc(OCCS(=O)(=O)[O-])cc3OC2c2ccc(OCCS(=O)(=O)[O-])c(OCCS(=O)(=O)[O-])c2)O[C@H](CO[C@H]2OC(C)C(OC(=O)O)[C@@H](OC(=O)O)[C@H]2OC(=O)O)C(OC(=O)O)[C@@H]1OC(=O)O.[Na+].[Na+].[Na+]. The molecule has 0 bridgehead atoms. The van der Waals surface area contributed by atoms with E-state index in [0.717, 1.165) is 44.2 Å². The van der Waals surface area contributed by atoms with Crippen LogP contribution in [0.2, 0.25) is 0 Å². The van der Waals surface area contributed by atoms with Gasteiger partial charge in [0.1, 0.15) is 48.7 Å². The fourth-order valence-corrected chi connectivity index (χ4v) is 8.58. The Bertz CT molecular complexity index is 2960. The van der Waals surface area contributed by atoms with E-state index in [1.807, 2.05) is 0 Å². The van der Waals surface area contributed by atoms with Gasteiger partial charge in [0.15, 0.2) is 72.9 Å². The molecule has 36 nitrogen and oxygen atoms in total. The number of ketones is 1. The summed E-state index contributed by atoms with van der Waals surface area (Å²) in [7, 11) is -14.8. The molecule has 82 heavy (non-hydrogen) atoms. The summed E-state index contributed by atoms with van der Waals surface area (Å²) in [6, 6.07) is 4.58. The number of fused-ring (bicyclic) bond motifs is 1. The molecule has 3 aliphatic heterocycles. The third-order valence-electron chi connectivity index (χ3n) is 10.7. The Balaban J connectivity index is 0.00000765. The van der Waals surface area contributed by atoms with Crippen LogP contribution in [0.4, 0.5) is 24.0 Å². The molecule has 3 heterocycles. The van der Waals surface area contributed by atoms with Crippen molar-refractivity contribution in [2.45, 2.75) is 87.5 Å². The van der Waals surface area contributed by atoms with Crippen LogP contribution < -0.4 is 108 Å². The van der Waals surface area contributed by atoms with Crippen molar-refractivity contribution in [1.29, 1.82) is 0 Å². The zero-order chi connectivity index (χ0) is 58.9. The van der Waals surface area contributed by atoms with Crippen LogP contribution in [-0.2, 0) is 82.5 Å². The third-order valence-corrected chi connectivity index (χ3v) is 12.7. The van der Waals surface area contributed by atoms with Gasteiger partial charge in [-0.05, 0) is 24.6 Å². The molecule has 0 spiro atoms. The summed E-state index contributed by atoms with van der Waals surface area (Å²) in [5, 5.41) is 59.3. The summed E-state index contributed by atoms with van der Waals surface area (Å²) in [6.45, 7) is -2.07. The van der Waals surface area contributed by atoms with Gasteiger partial charge in [-0.25, -0.2) is 49.2 Å². The summed E-state index contributed by atoms with van der Waals surface area (Å²) < 4.78 is 177. The maximum absolute atomic E-state index is 14.8. The third kappa shape index (κ3) is 21.8. The first kappa shape index (κ1) is 73.6. The van der Waals surface area contributed by atoms with Crippen molar-refractivity contribution in [1.82, 2.24) is 0 Å². The minimum atomic E-state index is -4.99. The van der Waals surface area contributed by atoms with Crippen LogP contribution in [0.15, 0.2) is 30.3 Å². The Hall–Kier alpha value is -4.50. The molecule has 3 aliphatic rings. The Kier molecular flexibility index (Phi) is 28.3. The molecule has 0 aromatic heterocycles. The molecule has 6 N–H and O–H groups in total. The second-order valence-electron chi connectivity index (χ2n) is 16.2. The maximum atomic E-state index is 14.8. The molecule has 2 aromatic rings. The van der Waals surface area contributed by atoms with Gasteiger partial charge in [-0.3, -0.25) is 9.59 Å². The van der Waals surface area contributed by atoms with Gasteiger partial charge in [0, 0.05) is 19.1 Å². The molecule has 0 aliphatic carbocycles. The van der Waals surface area contributed by atoms with Gasteiger partial charge >= 0.3 is 125 Å². The van der Waals surface area contributed by atoms with E-state index in [1.165, 1.54) is 0 Å². The summed E-state index contributed by atoms with van der Waals surface area (Å²) in [5.74, 6) is -9.15. The number of rotatable bonds is 24. The van der Waals surface area contributed by atoms with Crippen LogP contribution in [0.5, 0.6) is 28.7 Å².